The van der Waals surface area contributed by atoms with Gasteiger partial charge in [-0.2, -0.15) is 4.31 Å². The van der Waals surface area contributed by atoms with Crippen LogP contribution in [0.4, 0.5) is 5.69 Å². The number of rotatable bonds is 7. The third kappa shape index (κ3) is 6.19. The van der Waals surface area contributed by atoms with Crippen LogP contribution >= 0.6 is 11.6 Å². The fourth-order valence-electron chi connectivity index (χ4n) is 3.60. The summed E-state index contributed by atoms with van der Waals surface area (Å²) in [5, 5.41) is 5.68. The Kier molecular flexibility index (Phi) is 7.88. The van der Waals surface area contributed by atoms with Crippen molar-refractivity contribution in [3.05, 3.63) is 58.6 Å². The molecule has 0 unspecified atom stereocenters. The Balaban J connectivity index is 1.50. The van der Waals surface area contributed by atoms with E-state index in [0.717, 1.165) is 5.56 Å². The molecular weight excluding hydrogens is 466 g/mol. The normalized spacial score (nSPS) is 15.1. The van der Waals surface area contributed by atoms with Crippen molar-refractivity contribution in [3.63, 3.8) is 0 Å². The minimum Gasteiger partial charge on any atom is -0.347 e. The van der Waals surface area contributed by atoms with Gasteiger partial charge in [0.2, 0.25) is 21.8 Å². The summed E-state index contributed by atoms with van der Waals surface area (Å²) in [5.41, 5.74) is 1.88. The number of sulfonamides is 1. The van der Waals surface area contributed by atoms with Gasteiger partial charge in [-0.3, -0.25) is 14.4 Å². The first-order chi connectivity index (χ1) is 15.6. The average Bonchev–Trinajstić information content (AvgIpc) is 2.79. The summed E-state index contributed by atoms with van der Waals surface area (Å²) in [6.45, 7) is 3.49. The molecular formula is C23H26ClN3O5S. The van der Waals surface area contributed by atoms with Crippen molar-refractivity contribution in [1.82, 2.24) is 9.62 Å². The summed E-state index contributed by atoms with van der Waals surface area (Å²) in [6.07, 6.45) is 0.698. The second-order valence-corrected chi connectivity index (χ2v) is 10.4. The molecule has 0 bridgehead atoms. The van der Waals surface area contributed by atoms with Crippen molar-refractivity contribution < 1.29 is 22.8 Å². The molecule has 0 radical (unpaired) electrons. The number of nitrogens with one attached hydrogen (secondary N) is 2. The highest BCUT2D eigenvalue weighted by Crippen LogP contribution is 2.25. The molecule has 1 heterocycles. The number of anilines is 1. The molecule has 1 saturated heterocycles. The number of carbonyl (C=O) groups is 3. The standard InChI is InChI=1S/C23H26ClN3O5S/c1-15-3-8-21(20(24)13-15)26-22(29)14-25-23(30)18-9-11-27(12-10-18)33(31,32)19-6-4-17(5-7-19)16(2)28/h3-8,13,18H,9-12,14H2,1-2H3,(H,25,30)(H,26,29). The second kappa shape index (κ2) is 10.5. The van der Waals surface area contributed by atoms with E-state index in [4.69, 9.17) is 11.6 Å². The molecule has 8 nitrogen and oxygen atoms in total. The zero-order chi connectivity index (χ0) is 24.2. The third-order valence-electron chi connectivity index (χ3n) is 5.55. The number of hydrogen-bond donors (Lipinski definition) is 2. The Bertz CT molecular complexity index is 1160. The van der Waals surface area contributed by atoms with E-state index in [-0.39, 0.29) is 42.1 Å². The Labute approximate surface area is 198 Å². The van der Waals surface area contributed by atoms with Crippen molar-refractivity contribution in [2.45, 2.75) is 31.6 Å². The van der Waals surface area contributed by atoms with Crippen LogP contribution in [-0.4, -0.2) is 50.0 Å². The molecule has 33 heavy (non-hydrogen) atoms. The van der Waals surface area contributed by atoms with E-state index in [2.05, 4.69) is 10.6 Å². The van der Waals surface area contributed by atoms with Gasteiger partial charge < -0.3 is 10.6 Å². The Morgan fingerprint density at radius 2 is 1.70 bits per heavy atom. The van der Waals surface area contributed by atoms with Gasteiger partial charge in [0.05, 0.1) is 22.2 Å². The highest BCUT2D eigenvalue weighted by Gasteiger charge is 2.32. The Morgan fingerprint density at radius 3 is 2.27 bits per heavy atom. The van der Waals surface area contributed by atoms with Crippen molar-refractivity contribution in [2.24, 2.45) is 5.92 Å². The molecule has 0 aromatic heterocycles. The molecule has 1 aliphatic rings. The molecule has 1 fully saturated rings. The zero-order valence-corrected chi connectivity index (χ0v) is 20.0. The van der Waals surface area contributed by atoms with E-state index in [0.29, 0.717) is 29.1 Å². The van der Waals surface area contributed by atoms with E-state index in [9.17, 15) is 22.8 Å². The minimum atomic E-state index is -3.71. The molecule has 0 atom stereocenters. The van der Waals surface area contributed by atoms with Gasteiger partial charge >= 0.3 is 0 Å². The van der Waals surface area contributed by atoms with Crippen LogP contribution in [0.2, 0.25) is 5.02 Å². The Morgan fingerprint density at radius 1 is 1.06 bits per heavy atom. The van der Waals surface area contributed by atoms with Crippen LogP contribution < -0.4 is 10.6 Å². The molecule has 2 aromatic rings. The number of amides is 2. The number of halogens is 1. The predicted octanol–water partition coefficient (Wildman–Crippen LogP) is 3.01. The second-order valence-electron chi connectivity index (χ2n) is 8.01. The van der Waals surface area contributed by atoms with Crippen molar-refractivity contribution in [3.8, 4) is 0 Å². The first-order valence-corrected chi connectivity index (χ1v) is 12.3. The van der Waals surface area contributed by atoms with E-state index < -0.39 is 15.9 Å². The van der Waals surface area contributed by atoms with E-state index in [1.807, 2.05) is 13.0 Å². The number of piperidine rings is 1. The van der Waals surface area contributed by atoms with E-state index in [1.165, 1.54) is 35.5 Å². The van der Waals surface area contributed by atoms with Crippen LogP contribution in [0, 0.1) is 12.8 Å². The first-order valence-electron chi connectivity index (χ1n) is 10.5. The maximum Gasteiger partial charge on any atom is 0.243 e. The van der Waals surface area contributed by atoms with Crippen molar-refractivity contribution in [1.29, 1.82) is 0 Å². The molecule has 3 rings (SSSR count). The summed E-state index contributed by atoms with van der Waals surface area (Å²) in [6, 6.07) is 11.1. The molecule has 10 heteroatoms. The van der Waals surface area contributed by atoms with E-state index >= 15 is 0 Å². The lowest BCUT2D eigenvalue weighted by Crippen LogP contribution is -2.44. The van der Waals surface area contributed by atoms with Gasteiger partial charge in [-0.15, -0.1) is 0 Å². The van der Waals surface area contributed by atoms with Crippen LogP contribution in [0.5, 0.6) is 0 Å². The summed E-state index contributed by atoms with van der Waals surface area (Å²) in [4.78, 5) is 36.1. The van der Waals surface area contributed by atoms with Crippen molar-refractivity contribution in [2.75, 3.05) is 25.0 Å². The number of aryl methyl sites for hydroxylation is 1. The van der Waals surface area contributed by atoms with Crippen LogP contribution in [0.15, 0.2) is 47.4 Å². The summed E-state index contributed by atoms with van der Waals surface area (Å²) >= 11 is 6.10. The lowest BCUT2D eigenvalue weighted by Gasteiger charge is -2.30. The van der Waals surface area contributed by atoms with Gasteiger partial charge in [0.25, 0.3) is 0 Å². The highest BCUT2D eigenvalue weighted by molar-refractivity contribution is 7.89. The topological polar surface area (TPSA) is 113 Å². The number of carbonyl (C=O) groups excluding carboxylic acids is 3. The molecule has 0 spiro atoms. The van der Waals surface area contributed by atoms with Crippen LogP contribution in [0.3, 0.4) is 0 Å². The number of ketones is 1. The molecule has 1 aliphatic heterocycles. The lowest BCUT2D eigenvalue weighted by atomic mass is 9.97. The summed E-state index contributed by atoms with van der Waals surface area (Å²) in [5.74, 6) is -1.21. The zero-order valence-electron chi connectivity index (χ0n) is 18.4. The van der Waals surface area contributed by atoms with Crippen molar-refractivity contribution >= 4 is 44.9 Å². The fourth-order valence-corrected chi connectivity index (χ4v) is 5.35. The third-order valence-corrected chi connectivity index (χ3v) is 7.77. The number of nitrogens with zero attached hydrogens (tertiary/aromatic N) is 1. The SMILES string of the molecule is CC(=O)c1ccc(S(=O)(=O)N2CCC(C(=O)NCC(=O)Nc3ccc(C)cc3Cl)CC2)cc1. The van der Waals surface area contributed by atoms with Gasteiger partial charge in [-0.25, -0.2) is 8.42 Å². The Hall–Kier alpha value is -2.75. The predicted molar refractivity (Wildman–Crippen MR) is 126 cm³/mol. The molecule has 0 aliphatic carbocycles. The number of hydrogen-bond acceptors (Lipinski definition) is 5. The first kappa shape index (κ1) is 24.9. The number of benzene rings is 2. The monoisotopic (exact) mass is 491 g/mol. The van der Waals surface area contributed by atoms with Crippen LogP contribution in [0.1, 0.15) is 35.7 Å². The average molecular weight is 492 g/mol. The smallest absolute Gasteiger partial charge is 0.243 e. The van der Waals surface area contributed by atoms with Gasteiger partial charge in [0.1, 0.15) is 0 Å². The highest BCUT2D eigenvalue weighted by atomic mass is 35.5. The summed E-state index contributed by atoms with van der Waals surface area (Å²) < 4.78 is 27.1. The molecule has 176 valence electrons. The maximum atomic E-state index is 12.9. The summed E-state index contributed by atoms with van der Waals surface area (Å²) in [7, 11) is -3.71. The van der Waals surface area contributed by atoms with Gasteiger partial charge in [0.15, 0.2) is 5.78 Å². The van der Waals surface area contributed by atoms with Gasteiger partial charge in [-0.05, 0) is 56.5 Å². The lowest BCUT2D eigenvalue weighted by molar-refractivity contribution is -0.128. The maximum absolute atomic E-state index is 12.9. The van der Waals surface area contributed by atoms with E-state index in [1.54, 1.807) is 12.1 Å². The molecule has 2 N–H and O–H groups in total. The molecule has 2 aromatic carbocycles. The number of Topliss-reactive ketones (excluding diaryl/α,β-unsaturated/α-hetero) is 1. The minimum absolute atomic E-state index is 0.113. The van der Waals surface area contributed by atoms with Gasteiger partial charge in [0, 0.05) is 24.6 Å². The quantitative estimate of drug-likeness (QED) is 0.578. The largest absolute Gasteiger partial charge is 0.347 e. The fraction of sp³-hybridized carbons (Fsp3) is 0.348. The molecule has 0 saturated carbocycles. The van der Waals surface area contributed by atoms with Gasteiger partial charge in [-0.1, -0.05) is 29.8 Å². The van der Waals surface area contributed by atoms with Crippen LogP contribution in [0.25, 0.3) is 0 Å². The molecule has 2 amide bonds. The van der Waals surface area contributed by atoms with Crippen LogP contribution in [-0.2, 0) is 19.6 Å².